The fraction of sp³-hybridized carbons (Fsp3) is 0.769. The maximum absolute atomic E-state index is 5.83. The van der Waals surface area contributed by atoms with Gasteiger partial charge in [-0.2, -0.15) is 15.0 Å². The lowest BCUT2D eigenvalue weighted by molar-refractivity contribution is 0.102. The largest absolute Gasteiger partial charge is 0.463 e. The van der Waals surface area contributed by atoms with E-state index in [9.17, 15) is 0 Å². The molecule has 1 aromatic rings. The van der Waals surface area contributed by atoms with Crippen LogP contribution in [0.25, 0.3) is 0 Å². The Morgan fingerprint density at radius 3 is 2.75 bits per heavy atom. The average molecular weight is 279 g/mol. The maximum atomic E-state index is 5.83. The summed E-state index contributed by atoms with van der Waals surface area (Å²) in [4.78, 5) is 12.8. The zero-order valence-corrected chi connectivity index (χ0v) is 11.9. The van der Waals surface area contributed by atoms with Gasteiger partial charge in [0, 0.05) is 7.05 Å². The van der Waals surface area contributed by atoms with E-state index in [1.807, 2.05) is 6.92 Å². The summed E-state index contributed by atoms with van der Waals surface area (Å²) < 4.78 is 11.3. The van der Waals surface area contributed by atoms with Crippen LogP contribution in [-0.2, 0) is 4.74 Å². The highest BCUT2D eigenvalue weighted by atomic mass is 16.5. The Morgan fingerprint density at radius 1 is 1.25 bits per heavy atom. The molecule has 3 unspecified atom stereocenters. The molecule has 0 aliphatic carbocycles. The average Bonchev–Trinajstić information content (AvgIpc) is 3.07. The third-order valence-electron chi connectivity index (χ3n) is 3.69. The van der Waals surface area contributed by atoms with E-state index in [4.69, 9.17) is 9.47 Å². The van der Waals surface area contributed by atoms with Crippen LogP contribution in [0.1, 0.15) is 32.6 Å². The molecule has 1 aromatic heterocycles. The van der Waals surface area contributed by atoms with Gasteiger partial charge in [0.2, 0.25) is 11.9 Å². The first-order valence-corrected chi connectivity index (χ1v) is 7.27. The van der Waals surface area contributed by atoms with Crippen LogP contribution in [0.3, 0.4) is 0 Å². The Morgan fingerprint density at radius 2 is 2.10 bits per heavy atom. The van der Waals surface area contributed by atoms with Crippen LogP contribution >= 0.6 is 0 Å². The van der Waals surface area contributed by atoms with Gasteiger partial charge in [-0.05, 0) is 25.7 Å². The van der Waals surface area contributed by atoms with E-state index in [2.05, 4.69) is 25.6 Å². The molecule has 2 bridgehead atoms. The lowest BCUT2D eigenvalue weighted by atomic mass is 9.96. The molecule has 3 heterocycles. The molecule has 3 atom stereocenters. The number of rotatable bonds is 6. The number of anilines is 2. The highest BCUT2D eigenvalue weighted by Gasteiger charge is 2.41. The second-order valence-corrected chi connectivity index (χ2v) is 5.22. The van der Waals surface area contributed by atoms with Crippen molar-refractivity contribution >= 4 is 11.9 Å². The molecule has 0 saturated carbocycles. The van der Waals surface area contributed by atoms with E-state index in [1.54, 1.807) is 7.05 Å². The van der Waals surface area contributed by atoms with Gasteiger partial charge in [0.1, 0.15) is 0 Å². The molecule has 0 radical (unpaired) electrons. The summed E-state index contributed by atoms with van der Waals surface area (Å²) in [6.07, 6.45) is 4.92. The van der Waals surface area contributed by atoms with Crippen molar-refractivity contribution in [2.45, 2.75) is 50.9 Å². The van der Waals surface area contributed by atoms with E-state index in [1.165, 1.54) is 6.42 Å². The number of fused-ring (bicyclic) bond motifs is 2. The Hall–Kier alpha value is -1.63. The Kier molecular flexibility index (Phi) is 3.86. The van der Waals surface area contributed by atoms with Crippen molar-refractivity contribution < 1.29 is 9.47 Å². The Balaban J connectivity index is 1.71. The van der Waals surface area contributed by atoms with Crippen LogP contribution in [0, 0.1) is 0 Å². The van der Waals surface area contributed by atoms with Crippen molar-refractivity contribution in [1.82, 2.24) is 15.0 Å². The third kappa shape index (κ3) is 2.77. The minimum absolute atomic E-state index is 0.287. The predicted molar refractivity (Wildman–Crippen MR) is 75.1 cm³/mol. The van der Waals surface area contributed by atoms with Gasteiger partial charge in [0.25, 0.3) is 0 Å². The number of nitrogens with one attached hydrogen (secondary N) is 2. The molecule has 0 amide bonds. The van der Waals surface area contributed by atoms with Crippen molar-refractivity contribution in [3.63, 3.8) is 0 Å². The van der Waals surface area contributed by atoms with Crippen molar-refractivity contribution in [3.05, 3.63) is 0 Å². The van der Waals surface area contributed by atoms with Crippen molar-refractivity contribution in [3.8, 4) is 6.01 Å². The molecule has 3 rings (SSSR count). The SMILES string of the molecule is CCCOc1nc(NC)nc(NC2CC3CCC2O3)n1. The molecule has 110 valence electrons. The van der Waals surface area contributed by atoms with Gasteiger partial charge in [-0.25, -0.2) is 0 Å². The molecular formula is C13H21N5O2. The number of hydrogen-bond donors (Lipinski definition) is 2. The number of hydrogen-bond acceptors (Lipinski definition) is 7. The zero-order valence-electron chi connectivity index (χ0n) is 11.9. The normalized spacial score (nSPS) is 27.6. The Labute approximate surface area is 118 Å². The molecule has 2 aliphatic heterocycles. The molecular weight excluding hydrogens is 258 g/mol. The molecule has 2 aliphatic rings. The molecule has 7 heteroatoms. The van der Waals surface area contributed by atoms with Crippen LogP contribution in [0.15, 0.2) is 0 Å². The summed E-state index contributed by atoms with van der Waals surface area (Å²) in [5.74, 6) is 1.06. The fourth-order valence-electron chi connectivity index (χ4n) is 2.75. The highest BCUT2D eigenvalue weighted by Crippen LogP contribution is 2.35. The third-order valence-corrected chi connectivity index (χ3v) is 3.69. The molecule has 2 N–H and O–H groups in total. The molecule has 2 fully saturated rings. The first-order chi connectivity index (χ1) is 9.78. The summed E-state index contributed by atoms with van der Waals surface area (Å²) in [6.45, 7) is 2.65. The first-order valence-electron chi connectivity index (χ1n) is 7.27. The van der Waals surface area contributed by atoms with Crippen LogP contribution in [0.5, 0.6) is 6.01 Å². The topological polar surface area (TPSA) is 81.2 Å². The minimum atomic E-state index is 0.287. The second-order valence-electron chi connectivity index (χ2n) is 5.22. The molecule has 0 aromatic carbocycles. The molecule has 2 saturated heterocycles. The van der Waals surface area contributed by atoms with Crippen LogP contribution < -0.4 is 15.4 Å². The zero-order chi connectivity index (χ0) is 13.9. The summed E-state index contributed by atoms with van der Waals surface area (Å²) in [5, 5.41) is 6.29. The molecule has 20 heavy (non-hydrogen) atoms. The van der Waals surface area contributed by atoms with E-state index in [-0.39, 0.29) is 6.10 Å². The van der Waals surface area contributed by atoms with Gasteiger partial charge in [-0.15, -0.1) is 0 Å². The number of nitrogens with zero attached hydrogens (tertiary/aromatic N) is 3. The highest BCUT2D eigenvalue weighted by molar-refractivity contribution is 5.36. The van der Waals surface area contributed by atoms with Gasteiger partial charge in [-0.3, -0.25) is 0 Å². The lowest BCUT2D eigenvalue weighted by Crippen LogP contribution is -2.31. The second kappa shape index (κ2) is 5.78. The number of aromatic nitrogens is 3. The first kappa shape index (κ1) is 13.4. The smallest absolute Gasteiger partial charge is 0.323 e. The molecule has 7 nitrogen and oxygen atoms in total. The van der Waals surface area contributed by atoms with Gasteiger partial charge in [0.05, 0.1) is 24.9 Å². The molecule has 0 spiro atoms. The quantitative estimate of drug-likeness (QED) is 0.815. The van der Waals surface area contributed by atoms with E-state index < -0.39 is 0 Å². The summed E-state index contributed by atoms with van der Waals surface area (Å²) in [5.41, 5.74) is 0. The van der Waals surface area contributed by atoms with Crippen molar-refractivity contribution in [2.75, 3.05) is 24.3 Å². The van der Waals surface area contributed by atoms with Crippen molar-refractivity contribution in [2.24, 2.45) is 0 Å². The lowest BCUT2D eigenvalue weighted by Gasteiger charge is -2.20. The van der Waals surface area contributed by atoms with Crippen molar-refractivity contribution in [1.29, 1.82) is 0 Å². The van der Waals surface area contributed by atoms with Gasteiger partial charge < -0.3 is 20.1 Å². The monoisotopic (exact) mass is 279 g/mol. The number of ether oxygens (including phenoxy) is 2. The van der Waals surface area contributed by atoms with Gasteiger partial charge in [0.15, 0.2) is 0 Å². The van der Waals surface area contributed by atoms with E-state index >= 15 is 0 Å². The van der Waals surface area contributed by atoms with Crippen LogP contribution in [-0.4, -0.2) is 46.9 Å². The van der Waals surface area contributed by atoms with Crippen LogP contribution in [0.2, 0.25) is 0 Å². The van der Waals surface area contributed by atoms with Gasteiger partial charge in [-0.1, -0.05) is 6.92 Å². The van der Waals surface area contributed by atoms with Gasteiger partial charge >= 0.3 is 6.01 Å². The summed E-state index contributed by atoms with van der Waals surface area (Å²) >= 11 is 0. The fourth-order valence-corrected chi connectivity index (χ4v) is 2.75. The van der Waals surface area contributed by atoms with E-state index in [0.29, 0.717) is 36.7 Å². The Bertz CT molecular complexity index is 470. The maximum Gasteiger partial charge on any atom is 0.323 e. The standard InChI is InChI=1S/C13H21N5O2/c1-3-6-19-13-17-11(14-2)16-12(18-13)15-9-7-8-4-5-10(9)20-8/h8-10H,3-7H2,1-2H3,(H2,14,15,16,17,18). The summed E-state index contributed by atoms with van der Waals surface area (Å²) in [6, 6.07) is 0.651. The predicted octanol–water partition coefficient (Wildman–Crippen LogP) is 1.43. The van der Waals surface area contributed by atoms with E-state index in [0.717, 1.165) is 19.3 Å². The minimum Gasteiger partial charge on any atom is -0.463 e. The van der Waals surface area contributed by atoms with Crippen LogP contribution in [0.4, 0.5) is 11.9 Å². The summed E-state index contributed by atoms with van der Waals surface area (Å²) in [7, 11) is 1.78.